The van der Waals surface area contributed by atoms with Crippen LogP contribution in [-0.2, 0) is 0 Å². The van der Waals surface area contributed by atoms with E-state index in [1.807, 2.05) is 19.9 Å². The highest BCUT2D eigenvalue weighted by atomic mass is 16.3. The van der Waals surface area contributed by atoms with Crippen molar-refractivity contribution in [2.75, 3.05) is 0 Å². The molecular weight excluding hydrogens is 152 g/mol. The molecule has 0 spiro atoms. The Kier molecular flexibility index (Phi) is 2.32. The Morgan fingerprint density at radius 2 is 2.08 bits per heavy atom. The zero-order chi connectivity index (χ0) is 9.41. The van der Waals surface area contributed by atoms with Crippen LogP contribution in [-0.4, -0.2) is 21.4 Å². The van der Waals surface area contributed by atoms with Gasteiger partial charge in [-0.05, 0) is 33.6 Å². The average Bonchev–Trinajstić information content (AvgIpc) is 1.83. The molecule has 2 N–H and O–H groups in total. The molecule has 0 saturated carbocycles. The quantitative estimate of drug-likeness (QED) is 0.585. The minimum Gasteiger partial charge on any atom is -0.390 e. The number of rotatable bonds is 1. The maximum Gasteiger partial charge on any atom is 0.0800 e. The summed E-state index contributed by atoms with van der Waals surface area (Å²) in [5, 5.41) is 19.3. The summed E-state index contributed by atoms with van der Waals surface area (Å²) in [7, 11) is 0. The Hall–Kier alpha value is -0.340. The Morgan fingerprint density at radius 3 is 2.42 bits per heavy atom. The SMILES string of the molecule is CC(C)(O)[C@@H]1C=C[C@@](C)(O)CC1. The predicted octanol–water partition coefficient (Wildman–Crippen LogP) is 1.47. The molecule has 0 fully saturated rings. The van der Waals surface area contributed by atoms with Gasteiger partial charge in [-0.1, -0.05) is 12.2 Å². The minimum atomic E-state index is -0.665. The van der Waals surface area contributed by atoms with E-state index in [0.717, 1.165) is 12.8 Å². The van der Waals surface area contributed by atoms with Crippen molar-refractivity contribution in [3.05, 3.63) is 12.2 Å². The van der Waals surface area contributed by atoms with Crippen molar-refractivity contribution in [1.29, 1.82) is 0 Å². The van der Waals surface area contributed by atoms with E-state index >= 15 is 0 Å². The highest BCUT2D eigenvalue weighted by Crippen LogP contribution is 2.31. The molecule has 2 atom stereocenters. The van der Waals surface area contributed by atoms with Crippen LogP contribution in [0.2, 0.25) is 0 Å². The van der Waals surface area contributed by atoms with Crippen LogP contribution in [0, 0.1) is 5.92 Å². The van der Waals surface area contributed by atoms with Crippen molar-refractivity contribution in [2.45, 2.75) is 44.8 Å². The third-order valence-electron chi connectivity index (χ3n) is 2.56. The van der Waals surface area contributed by atoms with Crippen LogP contribution in [0.1, 0.15) is 33.6 Å². The molecule has 1 rings (SSSR count). The highest BCUT2D eigenvalue weighted by Gasteiger charge is 2.31. The van der Waals surface area contributed by atoms with Crippen molar-refractivity contribution in [3.8, 4) is 0 Å². The van der Waals surface area contributed by atoms with Gasteiger partial charge in [0.15, 0.2) is 0 Å². The largest absolute Gasteiger partial charge is 0.390 e. The Bertz CT molecular complexity index is 187. The van der Waals surface area contributed by atoms with Gasteiger partial charge in [-0.15, -0.1) is 0 Å². The zero-order valence-corrected chi connectivity index (χ0v) is 8.04. The van der Waals surface area contributed by atoms with Gasteiger partial charge in [0.2, 0.25) is 0 Å². The molecule has 0 heterocycles. The topological polar surface area (TPSA) is 40.5 Å². The van der Waals surface area contributed by atoms with Crippen LogP contribution in [0.5, 0.6) is 0 Å². The van der Waals surface area contributed by atoms with Crippen molar-refractivity contribution in [1.82, 2.24) is 0 Å². The van der Waals surface area contributed by atoms with E-state index in [1.165, 1.54) is 0 Å². The molecule has 0 aromatic heterocycles. The summed E-state index contributed by atoms with van der Waals surface area (Å²) >= 11 is 0. The van der Waals surface area contributed by atoms with Crippen molar-refractivity contribution >= 4 is 0 Å². The van der Waals surface area contributed by atoms with Gasteiger partial charge < -0.3 is 10.2 Å². The van der Waals surface area contributed by atoms with Crippen LogP contribution in [0.15, 0.2) is 12.2 Å². The Morgan fingerprint density at radius 1 is 1.50 bits per heavy atom. The molecule has 0 aliphatic heterocycles. The molecule has 2 nitrogen and oxygen atoms in total. The lowest BCUT2D eigenvalue weighted by molar-refractivity contribution is 0.0114. The molecule has 0 unspecified atom stereocenters. The second-order valence-electron chi connectivity index (χ2n) is 4.52. The number of aliphatic hydroxyl groups is 2. The second-order valence-corrected chi connectivity index (χ2v) is 4.52. The van der Waals surface area contributed by atoms with E-state index in [4.69, 9.17) is 0 Å². The maximum atomic E-state index is 9.68. The van der Waals surface area contributed by atoms with E-state index in [0.29, 0.717) is 0 Å². The molecule has 0 bridgehead atoms. The summed E-state index contributed by atoms with van der Waals surface area (Å²) in [6.45, 7) is 5.41. The van der Waals surface area contributed by atoms with Crippen molar-refractivity contribution in [3.63, 3.8) is 0 Å². The molecule has 0 amide bonds. The summed E-state index contributed by atoms with van der Waals surface area (Å²) in [5.74, 6) is 0.178. The lowest BCUT2D eigenvalue weighted by Crippen LogP contribution is -2.35. The van der Waals surface area contributed by atoms with E-state index in [9.17, 15) is 10.2 Å². The Balaban J connectivity index is 2.67. The standard InChI is InChI=1S/C10H18O2/c1-9(2,11)8-4-6-10(3,12)7-5-8/h4,6,8,11-12H,5,7H2,1-3H3/t8-,10-/m1/s1. The van der Waals surface area contributed by atoms with Gasteiger partial charge in [0.25, 0.3) is 0 Å². The van der Waals surface area contributed by atoms with Crippen molar-refractivity contribution < 1.29 is 10.2 Å². The summed E-state index contributed by atoms with van der Waals surface area (Å²) < 4.78 is 0. The van der Waals surface area contributed by atoms with Crippen LogP contribution in [0.25, 0.3) is 0 Å². The number of hydrogen-bond donors (Lipinski definition) is 2. The van der Waals surface area contributed by atoms with Gasteiger partial charge in [-0.2, -0.15) is 0 Å². The van der Waals surface area contributed by atoms with Crippen LogP contribution < -0.4 is 0 Å². The fourth-order valence-electron chi connectivity index (χ4n) is 1.54. The van der Waals surface area contributed by atoms with Gasteiger partial charge >= 0.3 is 0 Å². The minimum absolute atomic E-state index is 0.178. The first kappa shape index (κ1) is 9.75. The third-order valence-corrected chi connectivity index (χ3v) is 2.56. The molecule has 1 aliphatic carbocycles. The van der Waals surface area contributed by atoms with Crippen LogP contribution >= 0.6 is 0 Å². The molecule has 12 heavy (non-hydrogen) atoms. The van der Waals surface area contributed by atoms with E-state index in [2.05, 4.69) is 0 Å². The van der Waals surface area contributed by atoms with E-state index in [1.54, 1.807) is 13.0 Å². The van der Waals surface area contributed by atoms with Crippen LogP contribution in [0.3, 0.4) is 0 Å². The first-order valence-electron chi connectivity index (χ1n) is 4.45. The number of hydrogen-bond acceptors (Lipinski definition) is 2. The summed E-state index contributed by atoms with van der Waals surface area (Å²) in [6, 6.07) is 0. The van der Waals surface area contributed by atoms with Crippen LogP contribution in [0.4, 0.5) is 0 Å². The highest BCUT2D eigenvalue weighted by molar-refractivity contribution is 5.08. The van der Waals surface area contributed by atoms with Gasteiger partial charge in [0, 0.05) is 5.92 Å². The summed E-state index contributed by atoms with van der Waals surface area (Å²) in [5.41, 5.74) is -1.32. The first-order chi connectivity index (χ1) is 5.31. The van der Waals surface area contributed by atoms with E-state index < -0.39 is 11.2 Å². The lowest BCUT2D eigenvalue weighted by Gasteiger charge is -2.33. The van der Waals surface area contributed by atoms with Crippen molar-refractivity contribution in [2.24, 2.45) is 5.92 Å². The van der Waals surface area contributed by atoms with Gasteiger partial charge in [-0.25, -0.2) is 0 Å². The average molecular weight is 170 g/mol. The second kappa shape index (κ2) is 2.86. The summed E-state index contributed by atoms with van der Waals surface area (Å²) in [6.07, 6.45) is 5.30. The van der Waals surface area contributed by atoms with Gasteiger partial charge in [0.1, 0.15) is 0 Å². The first-order valence-corrected chi connectivity index (χ1v) is 4.45. The molecule has 0 aromatic rings. The lowest BCUT2D eigenvalue weighted by atomic mass is 9.79. The fourth-order valence-corrected chi connectivity index (χ4v) is 1.54. The summed E-state index contributed by atoms with van der Waals surface area (Å²) in [4.78, 5) is 0. The zero-order valence-electron chi connectivity index (χ0n) is 8.04. The monoisotopic (exact) mass is 170 g/mol. The smallest absolute Gasteiger partial charge is 0.0800 e. The molecule has 0 aromatic carbocycles. The Labute approximate surface area is 73.9 Å². The molecule has 1 aliphatic rings. The molecular formula is C10H18O2. The molecule has 0 radical (unpaired) electrons. The normalized spacial score (nSPS) is 36.9. The van der Waals surface area contributed by atoms with Gasteiger partial charge in [0.05, 0.1) is 11.2 Å². The maximum absolute atomic E-state index is 9.68. The fraction of sp³-hybridized carbons (Fsp3) is 0.800. The van der Waals surface area contributed by atoms with Gasteiger partial charge in [-0.3, -0.25) is 0 Å². The van der Waals surface area contributed by atoms with E-state index in [-0.39, 0.29) is 5.92 Å². The third kappa shape index (κ3) is 2.32. The predicted molar refractivity (Wildman–Crippen MR) is 48.8 cm³/mol. The molecule has 2 heteroatoms. The molecule has 0 saturated heterocycles. The molecule has 70 valence electrons.